The minimum atomic E-state index is -0.454. The first-order valence-electron chi connectivity index (χ1n) is 5.66. The highest BCUT2D eigenvalue weighted by Crippen LogP contribution is 2.27. The van der Waals surface area contributed by atoms with Crippen LogP contribution in [0.2, 0.25) is 0 Å². The third-order valence-corrected chi connectivity index (χ3v) is 2.83. The number of benzene rings is 1. The van der Waals surface area contributed by atoms with Crippen molar-refractivity contribution in [2.75, 3.05) is 5.32 Å². The molecule has 1 aromatic carbocycles. The normalized spacial score (nSPS) is 10.5. The number of fused-ring (bicyclic) bond motifs is 1. The van der Waals surface area contributed by atoms with Crippen LogP contribution in [0.25, 0.3) is 10.9 Å². The largest absolute Gasteiger partial charge is 0.361 e. The molecule has 0 bridgehead atoms. The van der Waals surface area contributed by atoms with E-state index in [2.05, 4.69) is 15.3 Å². The molecule has 0 radical (unpaired) electrons. The van der Waals surface area contributed by atoms with Crippen LogP contribution in [-0.4, -0.2) is 14.9 Å². The maximum Gasteiger partial charge on any atom is 0.310 e. The molecule has 0 spiro atoms. The van der Waals surface area contributed by atoms with Gasteiger partial charge in [0.25, 0.3) is 0 Å². The molecule has 6 nitrogen and oxygen atoms in total. The van der Waals surface area contributed by atoms with Gasteiger partial charge in [0.1, 0.15) is 11.9 Å². The van der Waals surface area contributed by atoms with Crippen molar-refractivity contribution in [1.29, 1.82) is 0 Å². The van der Waals surface area contributed by atoms with Gasteiger partial charge in [-0.05, 0) is 30.3 Å². The SMILES string of the molecule is O=[N+]([O-])c1cnccc1Nc1ccc2[nH]ccc2c1. The molecule has 6 heteroatoms. The van der Waals surface area contributed by atoms with E-state index in [1.54, 1.807) is 6.07 Å². The highest BCUT2D eigenvalue weighted by Gasteiger charge is 2.13. The Kier molecular flexibility index (Phi) is 2.60. The molecule has 0 amide bonds. The van der Waals surface area contributed by atoms with Crippen LogP contribution in [0.5, 0.6) is 0 Å². The van der Waals surface area contributed by atoms with E-state index in [9.17, 15) is 10.1 Å². The number of anilines is 2. The zero-order chi connectivity index (χ0) is 13.2. The van der Waals surface area contributed by atoms with Crippen LogP contribution >= 0.6 is 0 Å². The maximum atomic E-state index is 10.9. The Morgan fingerprint density at radius 1 is 1.26 bits per heavy atom. The number of aromatic amines is 1. The van der Waals surface area contributed by atoms with Gasteiger partial charge >= 0.3 is 5.69 Å². The van der Waals surface area contributed by atoms with Gasteiger partial charge in [0.2, 0.25) is 0 Å². The molecule has 3 aromatic rings. The van der Waals surface area contributed by atoms with E-state index in [-0.39, 0.29) is 5.69 Å². The first-order chi connectivity index (χ1) is 9.24. The number of pyridine rings is 1. The van der Waals surface area contributed by atoms with Crippen molar-refractivity contribution in [3.8, 4) is 0 Å². The average Bonchev–Trinajstić information content (AvgIpc) is 2.86. The minimum absolute atomic E-state index is 0.0448. The Morgan fingerprint density at radius 3 is 3.00 bits per heavy atom. The summed E-state index contributed by atoms with van der Waals surface area (Å²) in [5, 5.41) is 15.0. The third kappa shape index (κ3) is 2.11. The van der Waals surface area contributed by atoms with Crippen LogP contribution in [-0.2, 0) is 0 Å². The number of hydrogen-bond acceptors (Lipinski definition) is 4. The fourth-order valence-electron chi connectivity index (χ4n) is 1.92. The highest BCUT2D eigenvalue weighted by molar-refractivity contribution is 5.84. The van der Waals surface area contributed by atoms with Crippen molar-refractivity contribution in [3.05, 3.63) is 59.0 Å². The van der Waals surface area contributed by atoms with E-state index in [0.29, 0.717) is 5.69 Å². The highest BCUT2D eigenvalue weighted by atomic mass is 16.6. The molecule has 0 saturated carbocycles. The van der Waals surface area contributed by atoms with Crippen molar-refractivity contribution >= 4 is 28.0 Å². The van der Waals surface area contributed by atoms with Crippen LogP contribution in [0.4, 0.5) is 17.1 Å². The molecule has 2 heterocycles. The van der Waals surface area contributed by atoms with Crippen molar-refractivity contribution < 1.29 is 4.92 Å². The van der Waals surface area contributed by atoms with Gasteiger partial charge in [-0.15, -0.1) is 0 Å². The quantitative estimate of drug-likeness (QED) is 0.555. The lowest BCUT2D eigenvalue weighted by Gasteiger charge is -2.06. The Labute approximate surface area is 108 Å². The Morgan fingerprint density at radius 2 is 2.16 bits per heavy atom. The summed E-state index contributed by atoms with van der Waals surface area (Å²) in [4.78, 5) is 17.3. The van der Waals surface area contributed by atoms with Gasteiger partial charge in [0.05, 0.1) is 4.92 Å². The minimum Gasteiger partial charge on any atom is -0.361 e. The number of hydrogen-bond donors (Lipinski definition) is 2. The van der Waals surface area contributed by atoms with Crippen LogP contribution in [0, 0.1) is 10.1 Å². The van der Waals surface area contributed by atoms with E-state index in [1.807, 2.05) is 30.5 Å². The molecule has 3 rings (SSSR count). The van der Waals surface area contributed by atoms with Crippen molar-refractivity contribution in [1.82, 2.24) is 9.97 Å². The summed E-state index contributed by atoms with van der Waals surface area (Å²) in [6, 6.07) is 9.24. The summed E-state index contributed by atoms with van der Waals surface area (Å²) in [5.41, 5.74) is 2.20. The first kappa shape index (κ1) is 11.2. The van der Waals surface area contributed by atoms with E-state index < -0.39 is 4.92 Å². The second-order valence-electron chi connectivity index (χ2n) is 4.05. The molecule has 0 saturated heterocycles. The fourth-order valence-corrected chi connectivity index (χ4v) is 1.92. The number of H-pyrrole nitrogens is 1. The summed E-state index contributed by atoms with van der Waals surface area (Å²) < 4.78 is 0. The van der Waals surface area contributed by atoms with Crippen LogP contribution in [0.3, 0.4) is 0 Å². The molecule has 2 N–H and O–H groups in total. The Bertz CT molecular complexity index is 751. The van der Waals surface area contributed by atoms with Gasteiger partial charge in [-0.25, -0.2) is 0 Å². The van der Waals surface area contributed by atoms with E-state index in [1.165, 1.54) is 12.4 Å². The second kappa shape index (κ2) is 4.41. The zero-order valence-corrected chi connectivity index (χ0v) is 9.83. The summed E-state index contributed by atoms with van der Waals surface area (Å²) in [6.07, 6.45) is 4.60. The number of nitrogens with one attached hydrogen (secondary N) is 2. The number of nitro groups is 1. The predicted molar refractivity (Wildman–Crippen MR) is 72.5 cm³/mol. The molecule has 0 aliphatic carbocycles. The van der Waals surface area contributed by atoms with Gasteiger partial charge < -0.3 is 10.3 Å². The van der Waals surface area contributed by atoms with Gasteiger partial charge in [-0.2, -0.15) is 0 Å². The summed E-state index contributed by atoms with van der Waals surface area (Å²) in [6.45, 7) is 0. The van der Waals surface area contributed by atoms with Crippen LogP contribution < -0.4 is 5.32 Å². The Hall–Kier alpha value is -2.89. The van der Waals surface area contributed by atoms with Gasteiger partial charge in [0.15, 0.2) is 0 Å². The summed E-state index contributed by atoms with van der Waals surface area (Å²) in [5.74, 6) is 0. The predicted octanol–water partition coefficient (Wildman–Crippen LogP) is 3.21. The van der Waals surface area contributed by atoms with Crippen molar-refractivity contribution in [2.45, 2.75) is 0 Å². The second-order valence-corrected chi connectivity index (χ2v) is 4.05. The van der Waals surface area contributed by atoms with Crippen molar-refractivity contribution in [3.63, 3.8) is 0 Å². The number of aromatic nitrogens is 2. The van der Waals surface area contributed by atoms with Crippen LogP contribution in [0.1, 0.15) is 0 Å². The molecule has 19 heavy (non-hydrogen) atoms. The average molecular weight is 254 g/mol. The molecule has 94 valence electrons. The third-order valence-electron chi connectivity index (χ3n) is 2.83. The Balaban J connectivity index is 1.98. The maximum absolute atomic E-state index is 10.9. The summed E-state index contributed by atoms with van der Waals surface area (Å²) in [7, 11) is 0. The lowest BCUT2D eigenvalue weighted by atomic mass is 10.2. The van der Waals surface area contributed by atoms with Crippen molar-refractivity contribution in [2.24, 2.45) is 0 Å². The summed E-state index contributed by atoms with van der Waals surface area (Å²) >= 11 is 0. The zero-order valence-electron chi connectivity index (χ0n) is 9.83. The molecular weight excluding hydrogens is 244 g/mol. The van der Waals surface area contributed by atoms with E-state index in [4.69, 9.17) is 0 Å². The van der Waals surface area contributed by atoms with Gasteiger partial charge in [-0.1, -0.05) is 0 Å². The molecule has 0 aliphatic heterocycles. The lowest BCUT2D eigenvalue weighted by molar-refractivity contribution is -0.384. The number of rotatable bonds is 3. The topological polar surface area (TPSA) is 83.8 Å². The standard InChI is InChI=1S/C13H10N4O2/c18-17(19)13-8-14-5-4-12(13)16-10-1-2-11-9(7-10)3-6-15-11/h1-8,15H,(H,14,16). The number of nitrogens with zero attached hydrogens (tertiary/aromatic N) is 2. The smallest absolute Gasteiger partial charge is 0.310 e. The molecule has 2 aromatic heterocycles. The monoisotopic (exact) mass is 254 g/mol. The van der Waals surface area contributed by atoms with Gasteiger partial charge in [0, 0.05) is 29.0 Å². The van der Waals surface area contributed by atoms with Gasteiger partial charge in [-0.3, -0.25) is 15.1 Å². The fraction of sp³-hybridized carbons (Fsp3) is 0. The van der Waals surface area contributed by atoms with E-state index >= 15 is 0 Å². The lowest BCUT2D eigenvalue weighted by Crippen LogP contribution is -1.97. The van der Waals surface area contributed by atoms with E-state index in [0.717, 1.165) is 16.6 Å². The molecular formula is C13H10N4O2. The van der Waals surface area contributed by atoms with Crippen LogP contribution in [0.15, 0.2) is 48.9 Å². The molecule has 0 aliphatic rings. The first-order valence-corrected chi connectivity index (χ1v) is 5.66. The molecule has 0 unspecified atom stereocenters. The molecule has 0 atom stereocenters. The molecule has 0 fully saturated rings.